The van der Waals surface area contributed by atoms with Crippen molar-refractivity contribution in [2.24, 2.45) is 0 Å². The monoisotopic (exact) mass is 402 g/mol. The minimum absolute atomic E-state index is 0.0371. The number of hydrogen-bond acceptors (Lipinski definition) is 5. The predicted octanol–water partition coefficient (Wildman–Crippen LogP) is 3.14. The molecule has 150 valence electrons. The molecule has 2 heterocycles. The highest BCUT2D eigenvalue weighted by atomic mass is 16.4. The summed E-state index contributed by atoms with van der Waals surface area (Å²) in [5, 5.41) is 17.9. The van der Waals surface area contributed by atoms with Crippen LogP contribution in [-0.2, 0) is 17.8 Å². The fraction of sp³-hybridized carbons (Fsp3) is 0.0909. The number of nitrogens with one attached hydrogen (secondary N) is 3. The molecule has 30 heavy (non-hydrogen) atoms. The number of amides is 2. The Kier molecular flexibility index (Phi) is 5.13. The van der Waals surface area contributed by atoms with Crippen LogP contribution >= 0.6 is 0 Å². The summed E-state index contributed by atoms with van der Waals surface area (Å²) >= 11 is 0. The SMILES string of the molecule is O=C1Cc2cc(NC(=O)c3ccccc3NCc3ccnc(C(=O)O)c3)ccc2N1. The lowest BCUT2D eigenvalue weighted by Gasteiger charge is -2.13. The van der Waals surface area contributed by atoms with Gasteiger partial charge in [-0.15, -0.1) is 0 Å². The smallest absolute Gasteiger partial charge is 0.354 e. The zero-order chi connectivity index (χ0) is 21.1. The van der Waals surface area contributed by atoms with E-state index in [1.165, 1.54) is 12.3 Å². The molecule has 2 aromatic carbocycles. The number of nitrogens with zero attached hydrogens (tertiary/aromatic N) is 1. The molecule has 4 rings (SSSR count). The zero-order valence-corrected chi connectivity index (χ0v) is 15.8. The molecule has 0 atom stereocenters. The van der Waals surface area contributed by atoms with E-state index in [9.17, 15) is 14.4 Å². The van der Waals surface area contributed by atoms with Crippen molar-refractivity contribution in [1.82, 2.24) is 4.98 Å². The molecule has 2 amide bonds. The molecule has 8 heteroatoms. The molecule has 1 aliphatic heterocycles. The molecular weight excluding hydrogens is 384 g/mol. The van der Waals surface area contributed by atoms with E-state index in [0.717, 1.165) is 16.8 Å². The lowest BCUT2D eigenvalue weighted by molar-refractivity contribution is -0.115. The molecule has 0 radical (unpaired) electrons. The number of pyridine rings is 1. The van der Waals surface area contributed by atoms with Gasteiger partial charge in [0.1, 0.15) is 5.69 Å². The quantitative estimate of drug-likeness (QED) is 0.503. The van der Waals surface area contributed by atoms with Gasteiger partial charge in [-0.2, -0.15) is 0 Å². The summed E-state index contributed by atoms with van der Waals surface area (Å²) in [5.74, 6) is -1.45. The summed E-state index contributed by atoms with van der Waals surface area (Å²) < 4.78 is 0. The first-order chi connectivity index (χ1) is 14.5. The number of rotatable bonds is 6. The van der Waals surface area contributed by atoms with Gasteiger partial charge in [0.2, 0.25) is 5.91 Å². The van der Waals surface area contributed by atoms with Crippen LogP contribution in [0.25, 0.3) is 0 Å². The van der Waals surface area contributed by atoms with Crippen LogP contribution in [0.2, 0.25) is 0 Å². The molecular formula is C22H18N4O4. The van der Waals surface area contributed by atoms with Gasteiger partial charge < -0.3 is 21.1 Å². The maximum atomic E-state index is 12.8. The molecule has 1 aromatic heterocycles. The van der Waals surface area contributed by atoms with Crippen LogP contribution < -0.4 is 16.0 Å². The van der Waals surface area contributed by atoms with E-state index in [2.05, 4.69) is 20.9 Å². The summed E-state index contributed by atoms with van der Waals surface area (Å²) in [6, 6.07) is 15.5. The Morgan fingerprint density at radius 1 is 1.10 bits per heavy atom. The van der Waals surface area contributed by atoms with Crippen molar-refractivity contribution >= 4 is 34.8 Å². The fourth-order valence-corrected chi connectivity index (χ4v) is 3.24. The average molecular weight is 402 g/mol. The topological polar surface area (TPSA) is 120 Å². The number of carboxylic acids is 1. The third kappa shape index (κ3) is 4.12. The Morgan fingerprint density at radius 2 is 1.93 bits per heavy atom. The van der Waals surface area contributed by atoms with Crippen LogP contribution in [0.1, 0.15) is 32.0 Å². The number of anilines is 3. The first-order valence-corrected chi connectivity index (χ1v) is 9.25. The Labute approximate surface area is 172 Å². The number of para-hydroxylation sites is 1. The Balaban J connectivity index is 1.48. The third-order valence-corrected chi connectivity index (χ3v) is 4.69. The second-order valence-corrected chi connectivity index (χ2v) is 6.80. The molecule has 0 fully saturated rings. The van der Waals surface area contributed by atoms with Crippen molar-refractivity contribution in [3.05, 3.63) is 83.2 Å². The van der Waals surface area contributed by atoms with Crippen LogP contribution in [0.3, 0.4) is 0 Å². The maximum Gasteiger partial charge on any atom is 0.354 e. The van der Waals surface area contributed by atoms with Gasteiger partial charge in [-0.3, -0.25) is 9.59 Å². The van der Waals surface area contributed by atoms with E-state index in [0.29, 0.717) is 29.9 Å². The summed E-state index contributed by atoms with van der Waals surface area (Å²) in [5.41, 5.74) is 3.96. The normalized spacial score (nSPS) is 12.1. The second kappa shape index (κ2) is 8.04. The summed E-state index contributed by atoms with van der Waals surface area (Å²) in [6.07, 6.45) is 1.73. The van der Waals surface area contributed by atoms with E-state index >= 15 is 0 Å². The Hall–Kier alpha value is -4.20. The van der Waals surface area contributed by atoms with Gasteiger partial charge in [0.05, 0.1) is 12.0 Å². The highest BCUT2D eigenvalue weighted by molar-refractivity contribution is 6.08. The molecule has 0 unspecified atom stereocenters. The maximum absolute atomic E-state index is 12.8. The van der Waals surface area contributed by atoms with Crippen molar-refractivity contribution in [2.75, 3.05) is 16.0 Å². The van der Waals surface area contributed by atoms with Crippen molar-refractivity contribution < 1.29 is 19.5 Å². The van der Waals surface area contributed by atoms with Crippen molar-refractivity contribution in [3.8, 4) is 0 Å². The Morgan fingerprint density at radius 3 is 2.77 bits per heavy atom. The molecule has 8 nitrogen and oxygen atoms in total. The van der Waals surface area contributed by atoms with Crippen LogP contribution in [0.15, 0.2) is 60.8 Å². The van der Waals surface area contributed by atoms with Crippen molar-refractivity contribution in [3.63, 3.8) is 0 Å². The Bertz CT molecular complexity index is 1160. The first kappa shape index (κ1) is 19.1. The molecule has 0 bridgehead atoms. The number of carboxylic acid groups (broad SMARTS) is 1. The predicted molar refractivity (Wildman–Crippen MR) is 112 cm³/mol. The lowest BCUT2D eigenvalue weighted by Crippen LogP contribution is -2.15. The van der Waals surface area contributed by atoms with Gasteiger partial charge in [0.15, 0.2) is 0 Å². The molecule has 3 aromatic rings. The second-order valence-electron chi connectivity index (χ2n) is 6.80. The van der Waals surface area contributed by atoms with Crippen LogP contribution in [-0.4, -0.2) is 27.9 Å². The number of aromatic carboxylic acids is 1. The summed E-state index contributed by atoms with van der Waals surface area (Å²) in [4.78, 5) is 39.2. The molecule has 0 spiro atoms. The highest BCUT2D eigenvalue weighted by Gasteiger charge is 2.18. The summed E-state index contributed by atoms with van der Waals surface area (Å²) in [7, 11) is 0. The third-order valence-electron chi connectivity index (χ3n) is 4.69. The molecule has 0 aliphatic carbocycles. The molecule has 1 aliphatic rings. The number of aromatic nitrogens is 1. The number of carbonyl (C=O) groups excluding carboxylic acids is 2. The minimum Gasteiger partial charge on any atom is -0.477 e. The average Bonchev–Trinajstić information content (AvgIpc) is 3.12. The standard InChI is InChI=1S/C22H18N4O4/c27-20-11-14-10-15(5-6-17(14)26-20)25-21(28)16-3-1-2-4-18(16)24-12-13-7-8-23-19(9-13)22(29)30/h1-10,24H,11-12H2,(H,25,28)(H,26,27)(H,29,30). The van der Waals surface area contributed by atoms with Gasteiger partial charge in [0, 0.05) is 29.8 Å². The van der Waals surface area contributed by atoms with E-state index in [1.54, 1.807) is 48.5 Å². The zero-order valence-electron chi connectivity index (χ0n) is 15.8. The number of hydrogen-bond donors (Lipinski definition) is 4. The number of benzene rings is 2. The van der Waals surface area contributed by atoms with E-state index < -0.39 is 5.97 Å². The van der Waals surface area contributed by atoms with Gasteiger partial charge in [0.25, 0.3) is 5.91 Å². The van der Waals surface area contributed by atoms with Crippen LogP contribution in [0.4, 0.5) is 17.1 Å². The van der Waals surface area contributed by atoms with Gasteiger partial charge >= 0.3 is 5.97 Å². The van der Waals surface area contributed by atoms with E-state index in [-0.39, 0.29) is 17.5 Å². The van der Waals surface area contributed by atoms with Crippen LogP contribution in [0, 0.1) is 0 Å². The van der Waals surface area contributed by atoms with E-state index in [4.69, 9.17) is 5.11 Å². The minimum atomic E-state index is -1.09. The number of fused-ring (bicyclic) bond motifs is 1. The van der Waals surface area contributed by atoms with Gasteiger partial charge in [-0.25, -0.2) is 9.78 Å². The lowest BCUT2D eigenvalue weighted by atomic mass is 10.1. The van der Waals surface area contributed by atoms with Crippen molar-refractivity contribution in [1.29, 1.82) is 0 Å². The van der Waals surface area contributed by atoms with Crippen molar-refractivity contribution in [2.45, 2.75) is 13.0 Å². The first-order valence-electron chi connectivity index (χ1n) is 9.25. The number of carbonyl (C=O) groups is 3. The van der Waals surface area contributed by atoms with Gasteiger partial charge in [-0.1, -0.05) is 12.1 Å². The van der Waals surface area contributed by atoms with E-state index in [1.807, 2.05) is 0 Å². The molecule has 0 saturated carbocycles. The van der Waals surface area contributed by atoms with Crippen LogP contribution in [0.5, 0.6) is 0 Å². The fourth-order valence-electron chi connectivity index (χ4n) is 3.24. The molecule has 4 N–H and O–H groups in total. The highest BCUT2D eigenvalue weighted by Crippen LogP contribution is 2.27. The van der Waals surface area contributed by atoms with Gasteiger partial charge in [-0.05, 0) is 53.6 Å². The molecule has 0 saturated heterocycles. The summed E-state index contributed by atoms with van der Waals surface area (Å²) in [6.45, 7) is 0.333. The largest absolute Gasteiger partial charge is 0.477 e.